The number of thiocarbonyl (C=S) groups is 1. The lowest BCUT2D eigenvalue weighted by Crippen LogP contribution is -2.44. The normalized spacial score (nSPS) is 28.6. The van der Waals surface area contributed by atoms with Gasteiger partial charge in [0.15, 0.2) is 0 Å². The summed E-state index contributed by atoms with van der Waals surface area (Å²) in [5.41, 5.74) is 7.78. The Kier molecular flexibility index (Phi) is 4.15. The van der Waals surface area contributed by atoms with E-state index < -0.39 is 0 Å². The van der Waals surface area contributed by atoms with Crippen molar-refractivity contribution in [3.8, 4) is 5.75 Å². The van der Waals surface area contributed by atoms with Crippen LogP contribution in [0.25, 0.3) is 0 Å². The number of aliphatic hydroxyl groups excluding tert-OH is 1. The van der Waals surface area contributed by atoms with E-state index in [9.17, 15) is 5.11 Å². The van der Waals surface area contributed by atoms with Gasteiger partial charge in [-0.2, -0.15) is 0 Å². The summed E-state index contributed by atoms with van der Waals surface area (Å²) in [7, 11) is 1.63. The zero-order chi connectivity index (χ0) is 15.0. The van der Waals surface area contributed by atoms with Crippen LogP contribution in [0.4, 0.5) is 0 Å². The first-order valence-corrected chi connectivity index (χ1v) is 7.90. The Balaban J connectivity index is 1.79. The SMILES string of the molecule is COc1ccc(CN2C3CCC2CC(O)C3)cc1C(N)=S. The minimum absolute atomic E-state index is 0.123. The third-order valence-electron chi connectivity index (χ3n) is 4.75. The lowest BCUT2D eigenvalue weighted by atomic mass is 9.98. The summed E-state index contributed by atoms with van der Waals surface area (Å²) in [4.78, 5) is 2.89. The third-order valence-corrected chi connectivity index (χ3v) is 4.97. The van der Waals surface area contributed by atoms with Crippen molar-refractivity contribution >= 4 is 17.2 Å². The van der Waals surface area contributed by atoms with Gasteiger partial charge in [-0.25, -0.2) is 0 Å². The molecule has 0 saturated carbocycles. The molecule has 0 amide bonds. The minimum Gasteiger partial charge on any atom is -0.496 e. The van der Waals surface area contributed by atoms with E-state index in [2.05, 4.69) is 11.0 Å². The van der Waals surface area contributed by atoms with Gasteiger partial charge in [0.25, 0.3) is 0 Å². The molecule has 114 valence electrons. The number of benzene rings is 1. The smallest absolute Gasteiger partial charge is 0.129 e. The van der Waals surface area contributed by atoms with Crippen molar-refractivity contribution < 1.29 is 9.84 Å². The average molecular weight is 306 g/mol. The Hall–Kier alpha value is -1.17. The highest BCUT2D eigenvalue weighted by Gasteiger charge is 2.39. The molecule has 0 spiro atoms. The Morgan fingerprint density at radius 2 is 2.05 bits per heavy atom. The predicted octanol–water partition coefficient (Wildman–Crippen LogP) is 1.82. The summed E-state index contributed by atoms with van der Waals surface area (Å²) in [5.74, 6) is 0.725. The molecule has 1 aromatic carbocycles. The van der Waals surface area contributed by atoms with Crippen molar-refractivity contribution in [2.75, 3.05) is 7.11 Å². The number of piperidine rings is 1. The van der Waals surface area contributed by atoms with Gasteiger partial charge in [0.2, 0.25) is 0 Å². The maximum atomic E-state index is 9.88. The van der Waals surface area contributed by atoms with Crippen LogP contribution in [0.1, 0.15) is 36.8 Å². The Morgan fingerprint density at radius 1 is 1.38 bits per heavy atom. The number of methoxy groups -OCH3 is 1. The van der Waals surface area contributed by atoms with E-state index in [1.54, 1.807) is 7.11 Å². The van der Waals surface area contributed by atoms with Crippen LogP contribution in [0.2, 0.25) is 0 Å². The predicted molar refractivity (Wildman–Crippen MR) is 86.5 cm³/mol. The molecule has 2 heterocycles. The summed E-state index contributed by atoms with van der Waals surface area (Å²) >= 11 is 5.11. The molecular formula is C16H22N2O2S. The highest BCUT2D eigenvalue weighted by atomic mass is 32.1. The van der Waals surface area contributed by atoms with Gasteiger partial charge in [-0.15, -0.1) is 0 Å². The van der Waals surface area contributed by atoms with Crippen molar-refractivity contribution in [2.24, 2.45) is 5.73 Å². The van der Waals surface area contributed by atoms with E-state index in [-0.39, 0.29) is 6.10 Å². The van der Waals surface area contributed by atoms with E-state index in [1.165, 1.54) is 18.4 Å². The number of nitrogens with zero attached hydrogens (tertiary/aromatic N) is 1. The molecule has 2 fully saturated rings. The monoisotopic (exact) mass is 306 g/mol. The van der Waals surface area contributed by atoms with E-state index in [4.69, 9.17) is 22.7 Å². The highest BCUT2D eigenvalue weighted by molar-refractivity contribution is 7.80. The maximum Gasteiger partial charge on any atom is 0.129 e. The van der Waals surface area contributed by atoms with E-state index in [0.29, 0.717) is 17.1 Å². The molecule has 2 unspecified atom stereocenters. The summed E-state index contributed by atoms with van der Waals surface area (Å²) in [6.45, 7) is 0.891. The second-order valence-electron chi connectivity index (χ2n) is 6.08. The van der Waals surface area contributed by atoms with Crippen molar-refractivity contribution in [3.05, 3.63) is 29.3 Å². The summed E-state index contributed by atoms with van der Waals surface area (Å²) in [6.07, 6.45) is 4.06. The number of nitrogens with two attached hydrogens (primary N) is 1. The number of hydrogen-bond donors (Lipinski definition) is 2. The third kappa shape index (κ3) is 2.91. The van der Waals surface area contributed by atoms with Gasteiger partial charge in [-0.05, 0) is 43.4 Å². The van der Waals surface area contributed by atoms with Crippen molar-refractivity contribution in [1.29, 1.82) is 0 Å². The quantitative estimate of drug-likeness (QED) is 0.831. The van der Waals surface area contributed by atoms with Crippen LogP contribution in [0, 0.1) is 0 Å². The molecule has 0 aromatic heterocycles. The lowest BCUT2D eigenvalue weighted by molar-refractivity contribution is 0.0310. The molecule has 2 atom stereocenters. The van der Waals surface area contributed by atoms with Gasteiger partial charge in [-0.1, -0.05) is 18.3 Å². The van der Waals surface area contributed by atoms with Crippen LogP contribution in [0.3, 0.4) is 0 Å². The number of ether oxygens (including phenoxy) is 1. The van der Waals surface area contributed by atoms with Gasteiger partial charge < -0.3 is 15.6 Å². The first-order chi connectivity index (χ1) is 10.1. The van der Waals surface area contributed by atoms with Crippen LogP contribution in [0.15, 0.2) is 18.2 Å². The zero-order valence-electron chi connectivity index (χ0n) is 12.3. The van der Waals surface area contributed by atoms with Crippen LogP contribution in [0.5, 0.6) is 5.75 Å². The topological polar surface area (TPSA) is 58.7 Å². The van der Waals surface area contributed by atoms with Crippen molar-refractivity contribution in [2.45, 2.75) is 50.4 Å². The summed E-state index contributed by atoms with van der Waals surface area (Å²) < 4.78 is 5.31. The van der Waals surface area contributed by atoms with Gasteiger partial charge in [0.05, 0.1) is 18.8 Å². The Labute approximate surface area is 130 Å². The maximum absolute atomic E-state index is 9.88. The average Bonchev–Trinajstić information content (AvgIpc) is 2.70. The van der Waals surface area contributed by atoms with Gasteiger partial charge in [0.1, 0.15) is 10.7 Å². The zero-order valence-corrected chi connectivity index (χ0v) is 13.1. The molecule has 2 bridgehead atoms. The van der Waals surface area contributed by atoms with E-state index >= 15 is 0 Å². The molecular weight excluding hydrogens is 284 g/mol. The molecule has 0 aliphatic carbocycles. The van der Waals surface area contributed by atoms with E-state index in [0.717, 1.165) is 30.7 Å². The molecule has 4 nitrogen and oxygen atoms in total. The lowest BCUT2D eigenvalue weighted by Gasteiger charge is -2.37. The number of rotatable bonds is 4. The number of fused-ring (bicyclic) bond motifs is 2. The Morgan fingerprint density at radius 3 is 2.62 bits per heavy atom. The molecule has 1 aromatic rings. The van der Waals surface area contributed by atoms with E-state index in [1.807, 2.05) is 12.1 Å². The summed E-state index contributed by atoms with van der Waals surface area (Å²) in [5, 5.41) is 9.88. The Bertz CT molecular complexity index is 535. The minimum atomic E-state index is -0.123. The molecule has 2 saturated heterocycles. The molecule has 0 radical (unpaired) electrons. The van der Waals surface area contributed by atoms with Crippen LogP contribution in [-0.4, -0.2) is 40.3 Å². The fourth-order valence-electron chi connectivity index (χ4n) is 3.76. The van der Waals surface area contributed by atoms with Gasteiger partial charge in [0, 0.05) is 18.6 Å². The van der Waals surface area contributed by atoms with Crippen molar-refractivity contribution in [3.63, 3.8) is 0 Å². The van der Waals surface area contributed by atoms with Crippen LogP contribution < -0.4 is 10.5 Å². The second-order valence-corrected chi connectivity index (χ2v) is 6.52. The fraction of sp³-hybridized carbons (Fsp3) is 0.562. The van der Waals surface area contributed by atoms with Crippen LogP contribution >= 0.6 is 12.2 Å². The van der Waals surface area contributed by atoms with Crippen molar-refractivity contribution in [1.82, 2.24) is 4.90 Å². The first-order valence-electron chi connectivity index (χ1n) is 7.49. The number of hydrogen-bond acceptors (Lipinski definition) is 4. The largest absolute Gasteiger partial charge is 0.496 e. The standard InChI is InChI=1S/C16H22N2O2S/c1-20-15-5-2-10(6-14(15)16(17)21)9-18-11-3-4-12(18)8-13(19)7-11/h2,5-6,11-13,19H,3-4,7-9H2,1H3,(H2,17,21). The van der Waals surface area contributed by atoms with Gasteiger partial charge >= 0.3 is 0 Å². The molecule has 3 N–H and O–H groups in total. The van der Waals surface area contributed by atoms with Crippen LogP contribution in [-0.2, 0) is 6.54 Å². The molecule has 21 heavy (non-hydrogen) atoms. The first kappa shape index (κ1) is 14.8. The molecule has 5 heteroatoms. The molecule has 3 rings (SSSR count). The fourth-order valence-corrected chi connectivity index (χ4v) is 3.92. The van der Waals surface area contributed by atoms with Gasteiger partial charge in [-0.3, -0.25) is 4.90 Å². The highest BCUT2D eigenvalue weighted by Crippen LogP contribution is 2.37. The summed E-state index contributed by atoms with van der Waals surface area (Å²) in [6, 6.07) is 7.06. The number of aliphatic hydroxyl groups is 1. The molecule has 2 aliphatic rings. The second kappa shape index (κ2) is 5.91. The molecule has 2 aliphatic heterocycles.